The summed E-state index contributed by atoms with van der Waals surface area (Å²) in [6, 6.07) is 8.19. The zero-order valence-corrected chi connectivity index (χ0v) is 11.5. The predicted octanol–water partition coefficient (Wildman–Crippen LogP) is 2.27. The summed E-state index contributed by atoms with van der Waals surface area (Å²) in [6.45, 7) is 2.51. The Hall–Kier alpha value is -2.37. The Labute approximate surface area is 121 Å². The Kier molecular flexibility index (Phi) is 3.60. The summed E-state index contributed by atoms with van der Waals surface area (Å²) in [5, 5.41) is 0. The van der Waals surface area contributed by atoms with Gasteiger partial charge in [-0.3, -0.25) is 0 Å². The molecular formula is C15H16F2N4. The van der Waals surface area contributed by atoms with Gasteiger partial charge < -0.3 is 15.5 Å². The SMILES string of the molecule is Nc1ccc(F)c(F)c1N1CCN(c2ccccn2)CC1. The first kappa shape index (κ1) is 13.6. The van der Waals surface area contributed by atoms with Crippen molar-refractivity contribution >= 4 is 17.2 Å². The molecule has 2 heterocycles. The van der Waals surface area contributed by atoms with Gasteiger partial charge in [0.2, 0.25) is 0 Å². The van der Waals surface area contributed by atoms with Crippen LogP contribution in [0.15, 0.2) is 36.5 Å². The van der Waals surface area contributed by atoms with Gasteiger partial charge >= 0.3 is 0 Å². The van der Waals surface area contributed by atoms with Crippen LogP contribution in [0.5, 0.6) is 0 Å². The average Bonchev–Trinajstić information content (AvgIpc) is 2.53. The molecule has 0 unspecified atom stereocenters. The van der Waals surface area contributed by atoms with Crippen molar-refractivity contribution in [3.8, 4) is 0 Å². The quantitative estimate of drug-likeness (QED) is 0.862. The van der Waals surface area contributed by atoms with Crippen LogP contribution in [0.2, 0.25) is 0 Å². The maximum atomic E-state index is 13.9. The molecule has 2 N–H and O–H groups in total. The topological polar surface area (TPSA) is 45.4 Å². The lowest BCUT2D eigenvalue weighted by molar-refractivity contribution is 0.503. The third-order valence-electron chi connectivity index (χ3n) is 3.67. The Morgan fingerprint density at radius 3 is 2.33 bits per heavy atom. The molecule has 0 aliphatic carbocycles. The van der Waals surface area contributed by atoms with E-state index in [1.807, 2.05) is 18.2 Å². The van der Waals surface area contributed by atoms with E-state index < -0.39 is 11.6 Å². The molecule has 0 bridgehead atoms. The van der Waals surface area contributed by atoms with Crippen LogP contribution in [0.4, 0.5) is 26.0 Å². The molecule has 1 saturated heterocycles. The minimum absolute atomic E-state index is 0.163. The molecule has 4 nitrogen and oxygen atoms in total. The van der Waals surface area contributed by atoms with Crippen LogP contribution in [-0.4, -0.2) is 31.2 Å². The zero-order chi connectivity index (χ0) is 14.8. The van der Waals surface area contributed by atoms with Gasteiger partial charge in [-0.15, -0.1) is 0 Å². The van der Waals surface area contributed by atoms with Crippen LogP contribution in [0, 0.1) is 11.6 Å². The molecule has 0 amide bonds. The van der Waals surface area contributed by atoms with Crippen LogP contribution in [0.1, 0.15) is 0 Å². The van der Waals surface area contributed by atoms with Crippen molar-refractivity contribution in [2.45, 2.75) is 0 Å². The molecule has 1 aliphatic heterocycles. The number of hydrogen-bond donors (Lipinski definition) is 1. The van der Waals surface area contributed by atoms with E-state index in [-0.39, 0.29) is 11.4 Å². The van der Waals surface area contributed by atoms with E-state index in [1.54, 1.807) is 11.1 Å². The second kappa shape index (κ2) is 5.55. The first-order valence-electron chi connectivity index (χ1n) is 6.81. The Bertz CT molecular complexity index is 625. The molecule has 0 spiro atoms. The van der Waals surface area contributed by atoms with Gasteiger partial charge in [-0.05, 0) is 24.3 Å². The summed E-state index contributed by atoms with van der Waals surface area (Å²) in [5.41, 5.74) is 6.22. The molecule has 1 aliphatic rings. The van der Waals surface area contributed by atoms with Gasteiger partial charge in [0.25, 0.3) is 0 Å². The number of aromatic nitrogens is 1. The van der Waals surface area contributed by atoms with E-state index in [0.29, 0.717) is 26.2 Å². The molecule has 3 rings (SSSR count). The number of hydrogen-bond acceptors (Lipinski definition) is 4. The number of nitrogens with two attached hydrogens (primary N) is 1. The molecule has 1 aromatic heterocycles. The Morgan fingerprint density at radius 1 is 0.952 bits per heavy atom. The zero-order valence-electron chi connectivity index (χ0n) is 11.5. The Morgan fingerprint density at radius 2 is 1.67 bits per heavy atom. The normalized spacial score (nSPS) is 15.3. The molecule has 1 aromatic carbocycles. The number of pyridine rings is 1. The standard InChI is InChI=1S/C15H16F2N4/c16-11-4-5-12(18)15(14(11)17)21-9-7-20(8-10-21)13-3-1-2-6-19-13/h1-6H,7-10,18H2. The number of piperazine rings is 1. The second-order valence-corrected chi connectivity index (χ2v) is 4.96. The number of benzene rings is 1. The highest BCUT2D eigenvalue weighted by atomic mass is 19.2. The number of rotatable bonds is 2. The Balaban J connectivity index is 1.76. The number of nitrogen functional groups attached to an aromatic ring is 1. The highest BCUT2D eigenvalue weighted by molar-refractivity contribution is 5.69. The van der Waals surface area contributed by atoms with Crippen LogP contribution in [0.3, 0.4) is 0 Å². The lowest BCUT2D eigenvalue weighted by Crippen LogP contribution is -2.47. The summed E-state index contributed by atoms with van der Waals surface area (Å²) < 4.78 is 27.3. The van der Waals surface area contributed by atoms with E-state index in [0.717, 1.165) is 11.9 Å². The summed E-state index contributed by atoms with van der Waals surface area (Å²) in [7, 11) is 0. The number of halogens is 2. The van der Waals surface area contributed by atoms with Gasteiger partial charge in [-0.2, -0.15) is 0 Å². The lowest BCUT2D eigenvalue weighted by atomic mass is 10.2. The fourth-order valence-corrected chi connectivity index (χ4v) is 2.58. The third kappa shape index (κ3) is 2.61. The summed E-state index contributed by atoms with van der Waals surface area (Å²) in [4.78, 5) is 8.20. The van der Waals surface area contributed by atoms with Crippen molar-refractivity contribution in [3.05, 3.63) is 48.2 Å². The van der Waals surface area contributed by atoms with Crippen molar-refractivity contribution in [2.24, 2.45) is 0 Å². The molecule has 2 aromatic rings. The fourth-order valence-electron chi connectivity index (χ4n) is 2.58. The van der Waals surface area contributed by atoms with Gasteiger partial charge in [0.05, 0.1) is 11.4 Å². The highest BCUT2D eigenvalue weighted by Crippen LogP contribution is 2.29. The largest absolute Gasteiger partial charge is 0.397 e. The predicted molar refractivity (Wildman–Crippen MR) is 79.4 cm³/mol. The fraction of sp³-hybridized carbons (Fsp3) is 0.267. The molecule has 1 fully saturated rings. The van der Waals surface area contributed by atoms with E-state index in [1.165, 1.54) is 6.07 Å². The van der Waals surface area contributed by atoms with Crippen molar-refractivity contribution in [2.75, 3.05) is 41.7 Å². The maximum absolute atomic E-state index is 13.9. The average molecular weight is 290 g/mol. The smallest absolute Gasteiger partial charge is 0.184 e. The minimum atomic E-state index is -0.874. The van der Waals surface area contributed by atoms with Crippen LogP contribution in [-0.2, 0) is 0 Å². The maximum Gasteiger partial charge on any atom is 0.184 e. The van der Waals surface area contributed by atoms with E-state index in [2.05, 4.69) is 9.88 Å². The summed E-state index contributed by atoms with van der Waals surface area (Å²) in [6.07, 6.45) is 1.74. The van der Waals surface area contributed by atoms with Crippen LogP contribution < -0.4 is 15.5 Å². The van der Waals surface area contributed by atoms with Crippen LogP contribution in [0.25, 0.3) is 0 Å². The van der Waals surface area contributed by atoms with Crippen molar-refractivity contribution < 1.29 is 8.78 Å². The first-order valence-corrected chi connectivity index (χ1v) is 6.81. The monoisotopic (exact) mass is 290 g/mol. The highest BCUT2D eigenvalue weighted by Gasteiger charge is 2.23. The van der Waals surface area contributed by atoms with E-state index in [4.69, 9.17) is 5.73 Å². The number of anilines is 3. The summed E-state index contributed by atoms with van der Waals surface area (Å²) in [5.74, 6) is -0.850. The molecule has 0 saturated carbocycles. The first-order chi connectivity index (χ1) is 10.2. The van der Waals surface area contributed by atoms with Gasteiger partial charge in [0.1, 0.15) is 5.82 Å². The van der Waals surface area contributed by atoms with Crippen molar-refractivity contribution in [1.29, 1.82) is 0 Å². The lowest BCUT2D eigenvalue weighted by Gasteiger charge is -2.37. The summed E-state index contributed by atoms with van der Waals surface area (Å²) >= 11 is 0. The number of nitrogens with zero attached hydrogens (tertiary/aromatic N) is 3. The van der Waals surface area contributed by atoms with Gasteiger partial charge in [0.15, 0.2) is 11.6 Å². The van der Waals surface area contributed by atoms with Gasteiger partial charge in [-0.25, -0.2) is 13.8 Å². The van der Waals surface area contributed by atoms with Gasteiger partial charge in [-0.1, -0.05) is 6.07 Å². The van der Waals surface area contributed by atoms with E-state index in [9.17, 15) is 8.78 Å². The molecule has 21 heavy (non-hydrogen) atoms. The molecule has 0 radical (unpaired) electrons. The second-order valence-electron chi connectivity index (χ2n) is 4.96. The minimum Gasteiger partial charge on any atom is -0.397 e. The van der Waals surface area contributed by atoms with Gasteiger partial charge in [0, 0.05) is 32.4 Å². The van der Waals surface area contributed by atoms with E-state index >= 15 is 0 Å². The van der Waals surface area contributed by atoms with Crippen LogP contribution >= 0.6 is 0 Å². The molecule has 0 atom stereocenters. The third-order valence-corrected chi connectivity index (χ3v) is 3.67. The van der Waals surface area contributed by atoms with Crippen molar-refractivity contribution in [3.63, 3.8) is 0 Å². The van der Waals surface area contributed by atoms with Crippen molar-refractivity contribution in [1.82, 2.24) is 4.98 Å². The molecule has 6 heteroatoms. The molecule has 110 valence electrons. The molecular weight excluding hydrogens is 274 g/mol.